The van der Waals surface area contributed by atoms with Crippen LogP contribution in [-0.2, 0) is 11.0 Å². The molecule has 0 saturated heterocycles. The summed E-state index contributed by atoms with van der Waals surface area (Å²) in [6, 6.07) is 2.31. The van der Waals surface area contributed by atoms with Crippen molar-refractivity contribution in [3.8, 4) is 5.75 Å². The van der Waals surface area contributed by atoms with E-state index in [2.05, 4.69) is 0 Å². The van der Waals surface area contributed by atoms with Crippen molar-refractivity contribution in [3.05, 3.63) is 33.9 Å². The summed E-state index contributed by atoms with van der Waals surface area (Å²) >= 11 is 0. The average molecular weight is 332 g/mol. The molecule has 6 nitrogen and oxygen atoms in total. The van der Waals surface area contributed by atoms with Crippen LogP contribution in [0.3, 0.4) is 0 Å². The number of nitro groups is 1. The topological polar surface area (TPSA) is 72.7 Å². The fourth-order valence-electron chi connectivity index (χ4n) is 2.23. The fraction of sp³-hybridized carbons (Fsp3) is 0.500. The van der Waals surface area contributed by atoms with Crippen molar-refractivity contribution in [2.75, 3.05) is 13.2 Å². The zero-order valence-electron chi connectivity index (χ0n) is 12.3. The molecule has 1 fully saturated rings. The molecule has 126 valence electrons. The van der Waals surface area contributed by atoms with Crippen molar-refractivity contribution in [2.24, 2.45) is 0 Å². The van der Waals surface area contributed by atoms with Crippen molar-refractivity contribution in [1.82, 2.24) is 4.90 Å². The van der Waals surface area contributed by atoms with Gasteiger partial charge in [-0.05, 0) is 25.8 Å². The fourth-order valence-corrected chi connectivity index (χ4v) is 2.23. The van der Waals surface area contributed by atoms with Crippen LogP contribution in [0.5, 0.6) is 5.75 Å². The van der Waals surface area contributed by atoms with Gasteiger partial charge in [0, 0.05) is 24.7 Å². The lowest BCUT2D eigenvalue weighted by molar-refractivity contribution is -0.385. The molecule has 23 heavy (non-hydrogen) atoms. The Morgan fingerprint density at radius 2 is 2.09 bits per heavy atom. The maximum atomic E-state index is 13.0. The second kappa shape index (κ2) is 6.43. The molecule has 0 radical (unpaired) electrons. The predicted molar refractivity (Wildman–Crippen MR) is 74.0 cm³/mol. The smallest absolute Gasteiger partial charge is 0.420 e. The molecule has 0 bridgehead atoms. The molecule has 0 atom stereocenters. The first-order valence-electron chi connectivity index (χ1n) is 7.02. The van der Waals surface area contributed by atoms with Gasteiger partial charge in [0.1, 0.15) is 11.3 Å². The van der Waals surface area contributed by atoms with Crippen LogP contribution in [0.2, 0.25) is 0 Å². The van der Waals surface area contributed by atoms with E-state index in [1.807, 2.05) is 0 Å². The average Bonchev–Trinajstić information content (AvgIpc) is 3.29. The van der Waals surface area contributed by atoms with E-state index >= 15 is 0 Å². The predicted octanol–water partition coefficient (Wildman–Crippen LogP) is 3.00. The van der Waals surface area contributed by atoms with E-state index in [4.69, 9.17) is 4.74 Å². The van der Waals surface area contributed by atoms with Gasteiger partial charge in [-0.3, -0.25) is 14.9 Å². The number of amides is 1. The third-order valence-electron chi connectivity index (χ3n) is 3.48. The minimum Gasteiger partial charge on any atom is -0.483 e. The summed E-state index contributed by atoms with van der Waals surface area (Å²) < 4.78 is 43.9. The maximum Gasteiger partial charge on any atom is 0.420 e. The molecule has 0 heterocycles. The van der Waals surface area contributed by atoms with Crippen molar-refractivity contribution >= 4 is 11.6 Å². The lowest BCUT2D eigenvalue weighted by Gasteiger charge is -2.21. The summed E-state index contributed by atoms with van der Waals surface area (Å²) in [7, 11) is 0. The largest absolute Gasteiger partial charge is 0.483 e. The van der Waals surface area contributed by atoms with E-state index in [0.29, 0.717) is 12.6 Å². The first kappa shape index (κ1) is 17.0. The Hall–Kier alpha value is -2.32. The van der Waals surface area contributed by atoms with Crippen LogP contribution in [0.25, 0.3) is 0 Å². The van der Waals surface area contributed by atoms with Crippen molar-refractivity contribution in [3.63, 3.8) is 0 Å². The van der Waals surface area contributed by atoms with E-state index in [9.17, 15) is 28.1 Å². The van der Waals surface area contributed by atoms with Crippen LogP contribution in [-0.4, -0.2) is 34.9 Å². The van der Waals surface area contributed by atoms with Gasteiger partial charge in [0.15, 0.2) is 6.61 Å². The molecule has 1 aliphatic carbocycles. The molecule has 1 aliphatic rings. The van der Waals surface area contributed by atoms with Crippen LogP contribution in [0, 0.1) is 10.1 Å². The highest BCUT2D eigenvalue weighted by Crippen LogP contribution is 2.38. The van der Waals surface area contributed by atoms with Crippen LogP contribution < -0.4 is 4.74 Å². The molecular weight excluding hydrogens is 317 g/mol. The molecule has 1 aromatic carbocycles. The number of halogens is 3. The Bertz CT molecular complexity index is 615. The highest BCUT2D eigenvalue weighted by Gasteiger charge is 2.37. The maximum absolute atomic E-state index is 13.0. The Morgan fingerprint density at radius 1 is 1.43 bits per heavy atom. The molecule has 0 N–H and O–H groups in total. The molecular formula is C14H15F3N2O4. The van der Waals surface area contributed by atoms with Gasteiger partial charge in [-0.1, -0.05) is 0 Å². The van der Waals surface area contributed by atoms with Crippen LogP contribution >= 0.6 is 0 Å². The zero-order chi connectivity index (χ0) is 17.2. The number of carbonyl (C=O) groups is 1. The summed E-state index contributed by atoms with van der Waals surface area (Å²) in [6.07, 6.45) is -3.05. The third kappa shape index (κ3) is 4.11. The van der Waals surface area contributed by atoms with E-state index < -0.39 is 40.6 Å². The van der Waals surface area contributed by atoms with Gasteiger partial charge >= 0.3 is 6.18 Å². The Balaban J connectivity index is 2.15. The first-order valence-corrected chi connectivity index (χ1v) is 7.02. The first-order chi connectivity index (χ1) is 10.7. The molecule has 2 rings (SSSR count). The zero-order valence-corrected chi connectivity index (χ0v) is 12.3. The second-order valence-electron chi connectivity index (χ2n) is 5.13. The third-order valence-corrected chi connectivity index (χ3v) is 3.48. The summed E-state index contributed by atoms with van der Waals surface area (Å²) in [6.45, 7) is 1.70. The lowest BCUT2D eigenvalue weighted by Crippen LogP contribution is -2.36. The van der Waals surface area contributed by atoms with E-state index in [-0.39, 0.29) is 6.04 Å². The molecule has 0 spiro atoms. The van der Waals surface area contributed by atoms with Gasteiger partial charge < -0.3 is 9.64 Å². The number of carbonyl (C=O) groups excluding carboxylic acids is 1. The number of nitrogens with zero attached hydrogens (tertiary/aromatic N) is 2. The summed E-state index contributed by atoms with van der Waals surface area (Å²) in [5, 5.41) is 10.6. The number of ether oxygens (including phenoxy) is 1. The Morgan fingerprint density at radius 3 is 2.57 bits per heavy atom. The van der Waals surface area contributed by atoms with Crippen molar-refractivity contribution < 1.29 is 27.6 Å². The quantitative estimate of drug-likeness (QED) is 0.593. The second-order valence-corrected chi connectivity index (χ2v) is 5.13. The minimum atomic E-state index is -4.81. The summed E-state index contributed by atoms with van der Waals surface area (Å²) in [5.41, 5.74) is -1.96. The molecule has 0 aliphatic heterocycles. The van der Waals surface area contributed by atoms with Gasteiger partial charge in [-0.25, -0.2) is 0 Å². The number of likely N-dealkylation sites (N-methyl/N-ethyl adjacent to an activating group) is 1. The monoisotopic (exact) mass is 332 g/mol. The van der Waals surface area contributed by atoms with Crippen LogP contribution in [0.1, 0.15) is 25.3 Å². The van der Waals surface area contributed by atoms with E-state index in [1.165, 1.54) is 0 Å². The standard InChI is InChI=1S/C14H15F3N2O4/c1-2-18(9-3-4-9)13(20)8-23-12-6-5-10(19(21)22)7-11(12)14(15,16)17/h5-7,9H,2-4,8H2,1H3. The van der Waals surface area contributed by atoms with Gasteiger partial charge in [0.05, 0.1) is 4.92 Å². The highest BCUT2D eigenvalue weighted by molar-refractivity contribution is 5.78. The van der Waals surface area contributed by atoms with Crippen LogP contribution in [0.15, 0.2) is 18.2 Å². The molecule has 0 aromatic heterocycles. The normalized spacial score (nSPS) is 14.4. The summed E-state index contributed by atoms with van der Waals surface area (Å²) in [4.78, 5) is 23.2. The molecule has 0 unspecified atom stereocenters. The number of nitro benzene ring substituents is 1. The summed E-state index contributed by atoms with van der Waals surface area (Å²) in [5.74, 6) is -0.996. The molecule has 1 aromatic rings. The number of non-ortho nitro benzene ring substituents is 1. The van der Waals surface area contributed by atoms with Gasteiger partial charge in [-0.15, -0.1) is 0 Å². The van der Waals surface area contributed by atoms with Crippen molar-refractivity contribution in [2.45, 2.75) is 32.0 Å². The molecule has 1 saturated carbocycles. The minimum absolute atomic E-state index is 0.134. The van der Waals surface area contributed by atoms with Crippen LogP contribution in [0.4, 0.5) is 18.9 Å². The molecule has 9 heteroatoms. The number of hydrogen-bond acceptors (Lipinski definition) is 4. The van der Waals surface area contributed by atoms with Gasteiger partial charge in [0.2, 0.25) is 0 Å². The highest BCUT2D eigenvalue weighted by atomic mass is 19.4. The number of benzene rings is 1. The van der Waals surface area contributed by atoms with Crippen molar-refractivity contribution in [1.29, 1.82) is 0 Å². The SMILES string of the molecule is CCN(C(=O)COc1ccc([N+](=O)[O-])cc1C(F)(F)F)C1CC1. The Labute approximate surface area is 130 Å². The lowest BCUT2D eigenvalue weighted by atomic mass is 10.1. The van der Waals surface area contributed by atoms with Gasteiger partial charge in [0.25, 0.3) is 11.6 Å². The number of hydrogen-bond donors (Lipinski definition) is 0. The number of rotatable bonds is 6. The van der Waals surface area contributed by atoms with Gasteiger partial charge in [-0.2, -0.15) is 13.2 Å². The Kier molecular flexibility index (Phi) is 4.76. The van der Waals surface area contributed by atoms with E-state index in [1.54, 1.807) is 11.8 Å². The van der Waals surface area contributed by atoms with E-state index in [0.717, 1.165) is 25.0 Å². The molecule has 1 amide bonds. The number of alkyl halides is 3.